The highest BCUT2D eigenvalue weighted by molar-refractivity contribution is 5.91. The van der Waals surface area contributed by atoms with Gasteiger partial charge >= 0.3 is 5.97 Å². The molecule has 0 saturated carbocycles. The third kappa shape index (κ3) is 4.79. The Hall–Kier alpha value is -1.75. The standard InChI is InChI=1S/C14H20O5/c1-3-7-18-11-5-6-12(14(16)17)13(8-11)19-9-10(15)4-2/h5-6,8,10,15H,3-4,7,9H2,1-2H3,(H,16,17). The van der Waals surface area contributed by atoms with Crippen LogP contribution in [0.1, 0.15) is 37.0 Å². The molecule has 0 spiro atoms. The van der Waals surface area contributed by atoms with Crippen molar-refractivity contribution in [2.45, 2.75) is 32.8 Å². The third-order valence-electron chi connectivity index (χ3n) is 2.56. The van der Waals surface area contributed by atoms with Crippen LogP contribution < -0.4 is 9.47 Å². The van der Waals surface area contributed by atoms with Crippen molar-refractivity contribution in [2.75, 3.05) is 13.2 Å². The van der Waals surface area contributed by atoms with Crippen molar-refractivity contribution in [2.24, 2.45) is 0 Å². The molecule has 0 amide bonds. The van der Waals surface area contributed by atoms with E-state index in [1.807, 2.05) is 13.8 Å². The Bertz CT molecular complexity index is 416. The fourth-order valence-electron chi connectivity index (χ4n) is 1.41. The van der Waals surface area contributed by atoms with Gasteiger partial charge in [-0.15, -0.1) is 0 Å². The second-order valence-corrected chi connectivity index (χ2v) is 4.18. The molecule has 106 valence electrons. The fourth-order valence-corrected chi connectivity index (χ4v) is 1.41. The molecule has 5 nitrogen and oxygen atoms in total. The summed E-state index contributed by atoms with van der Waals surface area (Å²) in [5, 5.41) is 18.5. The molecule has 1 aromatic carbocycles. The average molecular weight is 268 g/mol. The first-order valence-electron chi connectivity index (χ1n) is 6.39. The summed E-state index contributed by atoms with van der Waals surface area (Å²) in [5.74, 6) is -0.288. The zero-order valence-electron chi connectivity index (χ0n) is 11.3. The van der Waals surface area contributed by atoms with E-state index < -0.39 is 12.1 Å². The van der Waals surface area contributed by atoms with Gasteiger partial charge in [0, 0.05) is 6.07 Å². The molecule has 1 unspecified atom stereocenters. The van der Waals surface area contributed by atoms with Crippen LogP contribution in [0.3, 0.4) is 0 Å². The van der Waals surface area contributed by atoms with Crippen LogP contribution in [0.2, 0.25) is 0 Å². The molecule has 5 heteroatoms. The number of carboxylic acids is 1. The van der Waals surface area contributed by atoms with Gasteiger partial charge in [-0.1, -0.05) is 13.8 Å². The predicted octanol–water partition coefficient (Wildman–Crippen LogP) is 2.32. The average Bonchev–Trinajstić information content (AvgIpc) is 2.42. The lowest BCUT2D eigenvalue weighted by Gasteiger charge is -2.14. The normalized spacial score (nSPS) is 11.9. The van der Waals surface area contributed by atoms with Gasteiger partial charge in [-0.3, -0.25) is 0 Å². The Kier molecular flexibility index (Phi) is 6.15. The van der Waals surface area contributed by atoms with Gasteiger partial charge in [-0.25, -0.2) is 4.79 Å². The maximum Gasteiger partial charge on any atom is 0.339 e. The van der Waals surface area contributed by atoms with Crippen molar-refractivity contribution >= 4 is 5.97 Å². The van der Waals surface area contributed by atoms with E-state index in [9.17, 15) is 9.90 Å². The van der Waals surface area contributed by atoms with E-state index in [1.54, 1.807) is 12.1 Å². The second kappa shape index (κ2) is 7.63. The molecule has 0 aliphatic heterocycles. The van der Waals surface area contributed by atoms with Crippen LogP contribution in [-0.4, -0.2) is 35.5 Å². The summed E-state index contributed by atoms with van der Waals surface area (Å²) in [4.78, 5) is 11.1. The number of hydrogen-bond acceptors (Lipinski definition) is 4. The van der Waals surface area contributed by atoms with Crippen LogP contribution in [0.25, 0.3) is 0 Å². The lowest BCUT2D eigenvalue weighted by atomic mass is 10.2. The molecule has 0 bridgehead atoms. The summed E-state index contributed by atoms with van der Waals surface area (Å²) in [6.45, 7) is 4.44. The minimum absolute atomic E-state index is 0.0622. The molecule has 1 atom stereocenters. The van der Waals surface area contributed by atoms with Crippen LogP contribution in [0.15, 0.2) is 18.2 Å². The van der Waals surface area contributed by atoms with Crippen molar-refractivity contribution in [3.63, 3.8) is 0 Å². The lowest BCUT2D eigenvalue weighted by Crippen LogP contribution is -2.17. The highest BCUT2D eigenvalue weighted by Crippen LogP contribution is 2.25. The number of benzene rings is 1. The maximum atomic E-state index is 11.1. The van der Waals surface area contributed by atoms with E-state index in [1.165, 1.54) is 6.07 Å². The van der Waals surface area contributed by atoms with Crippen LogP contribution >= 0.6 is 0 Å². The molecule has 0 aliphatic rings. The topological polar surface area (TPSA) is 76.0 Å². The van der Waals surface area contributed by atoms with Gasteiger partial charge in [0.1, 0.15) is 23.7 Å². The minimum atomic E-state index is -1.07. The first kappa shape index (κ1) is 15.3. The largest absolute Gasteiger partial charge is 0.493 e. The third-order valence-corrected chi connectivity index (χ3v) is 2.56. The molecule has 0 aromatic heterocycles. The Morgan fingerprint density at radius 3 is 2.63 bits per heavy atom. The Labute approximate surface area is 112 Å². The molecule has 0 fully saturated rings. The van der Waals surface area contributed by atoms with Gasteiger partial charge in [-0.05, 0) is 25.0 Å². The van der Waals surface area contributed by atoms with Crippen molar-refractivity contribution in [1.82, 2.24) is 0 Å². The molecule has 2 N–H and O–H groups in total. The number of aromatic carboxylic acids is 1. The zero-order chi connectivity index (χ0) is 14.3. The molecule has 0 aliphatic carbocycles. The van der Waals surface area contributed by atoms with Crippen LogP contribution in [-0.2, 0) is 0 Å². The summed E-state index contributed by atoms with van der Waals surface area (Å²) >= 11 is 0. The Balaban J connectivity index is 2.85. The molecular weight excluding hydrogens is 248 g/mol. The SMILES string of the molecule is CCCOc1ccc(C(=O)O)c(OCC(O)CC)c1. The first-order chi connectivity index (χ1) is 9.08. The van der Waals surface area contributed by atoms with Gasteiger partial charge in [-0.2, -0.15) is 0 Å². The van der Waals surface area contributed by atoms with Crippen molar-refractivity contribution in [3.05, 3.63) is 23.8 Å². The first-order valence-corrected chi connectivity index (χ1v) is 6.39. The summed E-state index contributed by atoms with van der Waals surface area (Å²) in [7, 11) is 0. The lowest BCUT2D eigenvalue weighted by molar-refractivity contribution is 0.0682. The van der Waals surface area contributed by atoms with Crippen LogP contribution in [0.5, 0.6) is 11.5 Å². The van der Waals surface area contributed by atoms with Gasteiger partial charge in [0.05, 0.1) is 12.7 Å². The zero-order valence-corrected chi connectivity index (χ0v) is 11.3. The quantitative estimate of drug-likeness (QED) is 0.756. The van der Waals surface area contributed by atoms with Crippen molar-refractivity contribution in [3.8, 4) is 11.5 Å². The summed E-state index contributed by atoms with van der Waals surface area (Å²) in [5.41, 5.74) is 0.0622. The van der Waals surface area contributed by atoms with E-state index in [0.29, 0.717) is 18.8 Å². The van der Waals surface area contributed by atoms with E-state index in [-0.39, 0.29) is 17.9 Å². The van der Waals surface area contributed by atoms with E-state index in [2.05, 4.69) is 0 Å². The Morgan fingerprint density at radius 2 is 2.05 bits per heavy atom. The molecule has 0 heterocycles. The van der Waals surface area contributed by atoms with E-state index >= 15 is 0 Å². The van der Waals surface area contributed by atoms with Gasteiger partial charge in [0.2, 0.25) is 0 Å². The molecule has 1 aromatic rings. The number of rotatable bonds is 8. The smallest absolute Gasteiger partial charge is 0.339 e. The monoisotopic (exact) mass is 268 g/mol. The van der Waals surface area contributed by atoms with Crippen LogP contribution in [0.4, 0.5) is 0 Å². The van der Waals surface area contributed by atoms with Crippen molar-refractivity contribution < 1.29 is 24.5 Å². The van der Waals surface area contributed by atoms with Gasteiger partial charge < -0.3 is 19.7 Å². The summed E-state index contributed by atoms with van der Waals surface area (Å²) in [6.07, 6.45) is 0.807. The fraction of sp³-hybridized carbons (Fsp3) is 0.500. The van der Waals surface area contributed by atoms with Gasteiger partial charge in [0.25, 0.3) is 0 Å². The summed E-state index contributed by atoms with van der Waals surface area (Å²) < 4.78 is 10.8. The van der Waals surface area contributed by atoms with E-state index in [4.69, 9.17) is 14.6 Å². The number of carboxylic acid groups (broad SMARTS) is 1. The molecule has 1 rings (SSSR count). The maximum absolute atomic E-state index is 11.1. The highest BCUT2D eigenvalue weighted by Gasteiger charge is 2.14. The summed E-state index contributed by atoms with van der Waals surface area (Å²) in [6, 6.07) is 4.59. The molecule has 0 radical (unpaired) electrons. The highest BCUT2D eigenvalue weighted by atomic mass is 16.5. The number of hydrogen-bond donors (Lipinski definition) is 2. The minimum Gasteiger partial charge on any atom is -0.493 e. The van der Waals surface area contributed by atoms with Crippen LogP contribution in [0, 0.1) is 0 Å². The van der Waals surface area contributed by atoms with Crippen molar-refractivity contribution in [1.29, 1.82) is 0 Å². The Morgan fingerprint density at radius 1 is 1.32 bits per heavy atom. The van der Waals surface area contributed by atoms with Gasteiger partial charge in [0.15, 0.2) is 0 Å². The van der Waals surface area contributed by atoms with E-state index in [0.717, 1.165) is 6.42 Å². The molecular formula is C14H20O5. The molecule has 0 saturated heterocycles. The number of aliphatic hydroxyl groups excluding tert-OH is 1. The predicted molar refractivity (Wildman–Crippen MR) is 71.0 cm³/mol. The number of ether oxygens (including phenoxy) is 2. The number of carbonyl (C=O) groups is 1. The second-order valence-electron chi connectivity index (χ2n) is 4.18. The number of aliphatic hydroxyl groups is 1. The molecule has 19 heavy (non-hydrogen) atoms.